The van der Waals surface area contributed by atoms with Crippen molar-refractivity contribution in [1.29, 1.82) is 0 Å². The van der Waals surface area contributed by atoms with Gasteiger partial charge in [-0.2, -0.15) is 0 Å². The lowest BCUT2D eigenvalue weighted by Gasteiger charge is -2.11. The van der Waals surface area contributed by atoms with Gasteiger partial charge in [-0.3, -0.25) is 4.79 Å². The highest BCUT2D eigenvalue weighted by Crippen LogP contribution is 2.30. The second-order valence-corrected chi connectivity index (χ2v) is 6.95. The topological polar surface area (TPSA) is 71.1 Å². The van der Waals surface area contributed by atoms with Crippen LogP contribution in [0.3, 0.4) is 0 Å². The molecule has 0 N–H and O–H groups in total. The maximum Gasteiger partial charge on any atom is 0.345 e. The van der Waals surface area contributed by atoms with Gasteiger partial charge in [0.05, 0.1) is 37.5 Å². The zero-order valence-corrected chi connectivity index (χ0v) is 18.5. The average molecular weight is 453 g/mol. The molecule has 0 aliphatic rings. The normalized spacial score (nSPS) is 10.6. The van der Waals surface area contributed by atoms with Crippen LogP contribution in [-0.4, -0.2) is 33.1 Å². The van der Waals surface area contributed by atoms with Crippen molar-refractivity contribution in [3.05, 3.63) is 88.5 Å². The predicted octanol–water partition coefficient (Wildman–Crippen LogP) is 5.48. The van der Waals surface area contributed by atoms with E-state index in [1.165, 1.54) is 27.4 Å². The number of hydrogen-bond acceptors (Lipinski definition) is 6. The van der Waals surface area contributed by atoms with E-state index < -0.39 is 5.97 Å². The van der Waals surface area contributed by atoms with Crippen molar-refractivity contribution in [2.45, 2.75) is 0 Å². The molecular formula is C25H21ClO6. The molecule has 3 aromatic rings. The third kappa shape index (κ3) is 5.28. The molecule has 0 bridgehead atoms. The van der Waals surface area contributed by atoms with E-state index in [0.29, 0.717) is 33.4 Å². The van der Waals surface area contributed by atoms with Crippen molar-refractivity contribution in [3.8, 4) is 23.0 Å². The van der Waals surface area contributed by atoms with Crippen LogP contribution < -0.4 is 18.9 Å². The van der Waals surface area contributed by atoms with Crippen molar-refractivity contribution in [3.63, 3.8) is 0 Å². The largest absolute Gasteiger partial charge is 0.497 e. The van der Waals surface area contributed by atoms with E-state index in [0.717, 1.165) is 0 Å². The lowest BCUT2D eigenvalue weighted by atomic mass is 10.1. The van der Waals surface area contributed by atoms with Crippen LogP contribution in [0, 0.1) is 0 Å². The molecule has 6 nitrogen and oxygen atoms in total. The number of benzene rings is 3. The summed E-state index contributed by atoms with van der Waals surface area (Å²) in [6.45, 7) is 0. The fraction of sp³-hybridized carbons (Fsp3) is 0.120. The fourth-order valence-electron chi connectivity index (χ4n) is 2.92. The quantitative estimate of drug-likeness (QED) is 0.195. The Bertz CT molecular complexity index is 1170. The Labute approximate surface area is 190 Å². The van der Waals surface area contributed by atoms with Crippen molar-refractivity contribution in [2.24, 2.45) is 0 Å². The third-order valence-electron chi connectivity index (χ3n) is 4.58. The minimum atomic E-state index is -0.600. The van der Waals surface area contributed by atoms with E-state index in [1.54, 1.807) is 66.7 Å². The number of rotatable bonds is 8. The van der Waals surface area contributed by atoms with Gasteiger partial charge in [-0.1, -0.05) is 35.9 Å². The van der Waals surface area contributed by atoms with E-state index in [9.17, 15) is 9.59 Å². The molecule has 0 saturated heterocycles. The highest BCUT2D eigenvalue weighted by atomic mass is 35.5. The number of esters is 1. The second-order valence-electron chi connectivity index (χ2n) is 6.54. The first-order valence-electron chi connectivity index (χ1n) is 9.56. The lowest BCUT2D eigenvalue weighted by molar-refractivity contribution is 0.0729. The first kappa shape index (κ1) is 22.9. The van der Waals surface area contributed by atoms with Gasteiger partial charge in [-0.25, -0.2) is 4.79 Å². The molecule has 0 amide bonds. The number of ether oxygens (including phenoxy) is 4. The van der Waals surface area contributed by atoms with Gasteiger partial charge in [0.15, 0.2) is 17.3 Å². The minimum absolute atomic E-state index is 0.232. The second kappa shape index (κ2) is 10.5. The molecular weight excluding hydrogens is 432 g/mol. The number of hydrogen-bond donors (Lipinski definition) is 0. The van der Waals surface area contributed by atoms with Gasteiger partial charge in [0.1, 0.15) is 11.5 Å². The van der Waals surface area contributed by atoms with Crippen LogP contribution in [0.5, 0.6) is 23.0 Å². The zero-order valence-electron chi connectivity index (χ0n) is 17.8. The smallest absolute Gasteiger partial charge is 0.345 e. The molecule has 0 unspecified atom stereocenters. The molecule has 0 radical (unpaired) electrons. The highest BCUT2D eigenvalue weighted by Gasteiger charge is 2.16. The van der Waals surface area contributed by atoms with Crippen LogP contribution in [0.25, 0.3) is 6.08 Å². The molecule has 3 rings (SSSR count). The highest BCUT2D eigenvalue weighted by molar-refractivity contribution is 6.33. The van der Waals surface area contributed by atoms with E-state index >= 15 is 0 Å². The number of carbonyl (C=O) groups is 2. The molecule has 0 spiro atoms. The zero-order chi connectivity index (χ0) is 23.1. The summed E-state index contributed by atoms with van der Waals surface area (Å²) in [5.74, 6) is 0.703. The van der Waals surface area contributed by atoms with Crippen molar-refractivity contribution in [1.82, 2.24) is 0 Å². The van der Waals surface area contributed by atoms with Crippen LogP contribution in [0.2, 0.25) is 5.02 Å². The van der Waals surface area contributed by atoms with Gasteiger partial charge in [-0.05, 0) is 54.1 Å². The molecule has 0 atom stereocenters. The number of ketones is 1. The van der Waals surface area contributed by atoms with E-state index in [1.807, 2.05) is 0 Å². The van der Waals surface area contributed by atoms with Crippen LogP contribution >= 0.6 is 11.6 Å². The Hall–Kier alpha value is -3.77. The summed E-state index contributed by atoms with van der Waals surface area (Å²) in [6.07, 6.45) is 3.05. The maximum absolute atomic E-state index is 12.7. The fourth-order valence-corrected chi connectivity index (χ4v) is 3.13. The summed E-state index contributed by atoms with van der Waals surface area (Å²) in [5.41, 5.74) is 1.30. The number of allylic oxidation sites excluding steroid dienone is 1. The van der Waals surface area contributed by atoms with Crippen LogP contribution in [0.15, 0.2) is 66.7 Å². The standard InChI is InChI=1S/C25H21ClO6/c1-29-17-10-13-22(30-2)19(15-17)21(27)11-8-16-9-12-23(24(14-16)31-3)32-25(28)18-6-4-5-7-20(18)26/h4-15H,1-3H3. The van der Waals surface area contributed by atoms with Crippen molar-refractivity contribution >= 4 is 29.4 Å². The van der Waals surface area contributed by atoms with Gasteiger partial charge >= 0.3 is 5.97 Å². The Morgan fingerprint density at radius 3 is 2.19 bits per heavy atom. The molecule has 3 aromatic carbocycles. The molecule has 0 aromatic heterocycles. The molecule has 164 valence electrons. The van der Waals surface area contributed by atoms with Crippen molar-refractivity contribution < 1.29 is 28.5 Å². The maximum atomic E-state index is 12.7. The van der Waals surface area contributed by atoms with Gasteiger partial charge in [0.25, 0.3) is 0 Å². The molecule has 0 saturated carbocycles. The van der Waals surface area contributed by atoms with Crippen LogP contribution in [0.1, 0.15) is 26.3 Å². The molecule has 0 heterocycles. The summed E-state index contributed by atoms with van der Waals surface area (Å²) in [7, 11) is 4.48. The summed E-state index contributed by atoms with van der Waals surface area (Å²) in [5, 5.41) is 0.294. The average Bonchev–Trinajstić information content (AvgIpc) is 2.82. The van der Waals surface area contributed by atoms with E-state index in [4.69, 9.17) is 30.5 Å². The minimum Gasteiger partial charge on any atom is -0.497 e. The monoisotopic (exact) mass is 452 g/mol. The molecule has 0 aliphatic carbocycles. The first-order chi connectivity index (χ1) is 15.5. The summed E-state index contributed by atoms with van der Waals surface area (Å²) in [4.78, 5) is 25.1. The van der Waals surface area contributed by atoms with Crippen LogP contribution in [-0.2, 0) is 0 Å². The number of halogens is 1. The molecule has 7 heteroatoms. The molecule has 0 fully saturated rings. The Morgan fingerprint density at radius 1 is 0.781 bits per heavy atom. The van der Waals surface area contributed by atoms with Crippen molar-refractivity contribution in [2.75, 3.05) is 21.3 Å². The molecule has 0 aliphatic heterocycles. The summed E-state index contributed by atoms with van der Waals surface area (Å²) in [6, 6.07) is 16.5. The van der Waals surface area contributed by atoms with E-state index in [2.05, 4.69) is 0 Å². The van der Waals surface area contributed by atoms with E-state index in [-0.39, 0.29) is 17.1 Å². The first-order valence-corrected chi connectivity index (χ1v) is 9.93. The van der Waals surface area contributed by atoms with Gasteiger partial charge in [0.2, 0.25) is 0 Å². The number of methoxy groups -OCH3 is 3. The van der Waals surface area contributed by atoms with Crippen LogP contribution in [0.4, 0.5) is 0 Å². The van der Waals surface area contributed by atoms with Gasteiger partial charge in [-0.15, -0.1) is 0 Å². The Morgan fingerprint density at radius 2 is 1.50 bits per heavy atom. The summed E-state index contributed by atoms with van der Waals surface area (Å²) >= 11 is 6.06. The van der Waals surface area contributed by atoms with Gasteiger partial charge < -0.3 is 18.9 Å². The lowest BCUT2D eigenvalue weighted by Crippen LogP contribution is -2.09. The molecule has 32 heavy (non-hydrogen) atoms. The Balaban J connectivity index is 1.80. The Kier molecular flexibility index (Phi) is 7.52. The predicted molar refractivity (Wildman–Crippen MR) is 122 cm³/mol. The summed E-state index contributed by atoms with van der Waals surface area (Å²) < 4.78 is 21.2. The SMILES string of the molecule is COc1ccc(OC)c(C(=O)C=Cc2ccc(OC(=O)c3ccccc3Cl)c(OC)c2)c1. The van der Waals surface area contributed by atoms with Gasteiger partial charge in [0, 0.05) is 0 Å². The number of carbonyl (C=O) groups excluding carboxylic acids is 2. The third-order valence-corrected chi connectivity index (χ3v) is 4.91.